The number of pyridine rings is 1. The average Bonchev–Trinajstić information content (AvgIpc) is 3.04. The molecule has 0 aromatic carbocycles. The maximum atomic E-state index is 6.43. The topological polar surface area (TPSA) is 48.1 Å². The molecule has 4 heteroatoms. The highest BCUT2D eigenvalue weighted by Crippen LogP contribution is 2.43. The Morgan fingerprint density at radius 3 is 3.22 bits per heavy atom. The van der Waals surface area contributed by atoms with Crippen molar-refractivity contribution in [3.8, 4) is 5.75 Å². The number of nitrogens with two attached hydrogens (primary N) is 1. The van der Waals surface area contributed by atoms with Crippen LogP contribution in [0, 0.1) is 0 Å². The minimum atomic E-state index is -0.0175. The predicted molar refractivity (Wildman–Crippen MR) is 73.1 cm³/mol. The predicted octanol–water partition coefficient (Wildman–Crippen LogP) is 2.88. The number of rotatable bonds is 3. The standard InChI is InChI=1S/C14H16N2OS/c1-17-11-6-8-18-14(11)12(15)10-5-4-9-3-2-7-16-13(9)10/h2-3,6-8,10,12H,4-5,15H2,1H3. The quantitative estimate of drug-likeness (QED) is 0.923. The van der Waals surface area contributed by atoms with Gasteiger partial charge in [-0.25, -0.2) is 0 Å². The maximum absolute atomic E-state index is 6.43. The van der Waals surface area contributed by atoms with E-state index in [-0.39, 0.29) is 6.04 Å². The molecule has 3 rings (SSSR count). The van der Waals surface area contributed by atoms with Crippen LogP contribution in [-0.2, 0) is 6.42 Å². The first-order valence-electron chi connectivity index (χ1n) is 6.12. The van der Waals surface area contributed by atoms with E-state index in [4.69, 9.17) is 10.5 Å². The second-order valence-corrected chi connectivity index (χ2v) is 5.52. The normalized spacial score (nSPS) is 19.6. The van der Waals surface area contributed by atoms with E-state index in [1.54, 1.807) is 18.4 Å². The van der Waals surface area contributed by atoms with Gasteiger partial charge >= 0.3 is 0 Å². The fourth-order valence-electron chi connectivity index (χ4n) is 2.70. The van der Waals surface area contributed by atoms with Crippen LogP contribution in [0.5, 0.6) is 5.75 Å². The molecule has 94 valence electrons. The number of aromatic nitrogens is 1. The molecule has 1 aliphatic carbocycles. The first-order valence-corrected chi connectivity index (χ1v) is 7.00. The van der Waals surface area contributed by atoms with E-state index in [1.165, 1.54) is 11.3 Å². The molecule has 1 aliphatic rings. The van der Waals surface area contributed by atoms with Gasteiger partial charge < -0.3 is 10.5 Å². The molecule has 18 heavy (non-hydrogen) atoms. The average molecular weight is 260 g/mol. The minimum absolute atomic E-state index is 0.0175. The first kappa shape index (κ1) is 11.7. The lowest BCUT2D eigenvalue weighted by Crippen LogP contribution is -2.18. The van der Waals surface area contributed by atoms with E-state index in [2.05, 4.69) is 11.1 Å². The molecule has 2 aromatic heterocycles. The van der Waals surface area contributed by atoms with Gasteiger partial charge in [-0.05, 0) is 35.9 Å². The SMILES string of the molecule is COc1ccsc1C(N)C1CCc2cccnc21. The smallest absolute Gasteiger partial charge is 0.134 e. The van der Waals surface area contributed by atoms with Crippen LogP contribution in [0.4, 0.5) is 0 Å². The van der Waals surface area contributed by atoms with Crippen LogP contribution in [0.1, 0.15) is 34.5 Å². The lowest BCUT2D eigenvalue weighted by atomic mass is 9.96. The minimum Gasteiger partial charge on any atom is -0.496 e. The van der Waals surface area contributed by atoms with E-state index >= 15 is 0 Å². The van der Waals surface area contributed by atoms with E-state index in [9.17, 15) is 0 Å². The van der Waals surface area contributed by atoms with Crippen molar-refractivity contribution in [2.45, 2.75) is 24.8 Å². The summed E-state index contributed by atoms with van der Waals surface area (Å²) in [5.41, 5.74) is 8.93. The van der Waals surface area contributed by atoms with Crippen molar-refractivity contribution in [2.24, 2.45) is 5.73 Å². The van der Waals surface area contributed by atoms with Crippen molar-refractivity contribution in [3.05, 3.63) is 45.9 Å². The molecule has 0 amide bonds. The molecule has 0 fully saturated rings. The van der Waals surface area contributed by atoms with Crippen molar-refractivity contribution in [2.75, 3.05) is 7.11 Å². The van der Waals surface area contributed by atoms with Gasteiger partial charge in [0.25, 0.3) is 0 Å². The zero-order chi connectivity index (χ0) is 12.5. The van der Waals surface area contributed by atoms with Gasteiger partial charge in [0.2, 0.25) is 0 Å². The highest BCUT2D eigenvalue weighted by atomic mass is 32.1. The molecule has 0 saturated carbocycles. The Hall–Kier alpha value is -1.39. The van der Waals surface area contributed by atoms with Gasteiger partial charge in [0, 0.05) is 17.8 Å². The van der Waals surface area contributed by atoms with Gasteiger partial charge in [-0.1, -0.05) is 6.07 Å². The first-order chi connectivity index (χ1) is 8.81. The summed E-state index contributed by atoms with van der Waals surface area (Å²) < 4.78 is 5.36. The molecule has 2 unspecified atom stereocenters. The van der Waals surface area contributed by atoms with Crippen molar-refractivity contribution in [1.29, 1.82) is 0 Å². The number of aryl methyl sites for hydroxylation is 1. The third-order valence-electron chi connectivity index (χ3n) is 3.62. The van der Waals surface area contributed by atoms with Crippen LogP contribution in [0.15, 0.2) is 29.8 Å². The monoisotopic (exact) mass is 260 g/mol. The second-order valence-electron chi connectivity index (χ2n) is 4.57. The van der Waals surface area contributed by atoms with E-state index in [0.29, 0.717) is 5.92 Å². The van der Waals surface area contributed by atoms with Crippen molar-refractivity contribution in [1.82, 2.24) is 4.98 Å². The number of thiophene rings is 1. The van der Waals surface area contributed by atoms with E-state index < -0.39 is 0 Å². The van der Waals surface area contributed by atoms with E-state index in [1.807, 2.05) is 23.7 Å². The van der Waals surface area contributed by atoms with Gasteiger partial charge in [-0.15, -0.1) is 11.3 Å². The molecular formula is C14H16N2OS. The Morgan fingerprint density at radius 2 is 2.39 bits per heavy atom. The summed E-state index contributed by atoms with van der Waals surface area (Å²) in [6.07, 6.45) is 4.01. The molecule has 2 N–H and O–H groups in total. The Balaban J connectivity index is 1.93. The molecule has 0 radical (unpaired) electrons. The number of nitrogens with zero attached hydrogens (tertiary/aromatic N) is 1. The zero-order valence-corrected chi connectivity index (χ0v) is 11.1. The number of fused-ring (bicyclic) bond motifs is 1. The van der Waals surface area contributed by atoms with Gasteiger partial charge in [-0.3, -0.25) is 4.98 Å². The van der Waals surface area contributed by atoms with Crippen molar-refractivity contribution in [3.63, 3.8) is 0 Å². The Labute approximate surface area is 111 Å². The Kier molecular flexibility index (Phi) is 3.06. The Morgan fingerprint density at radius 1 is 1.50 bits per heavy atom. The molecule has 0 spiro atoms. The summed E-state index contributed by atoms with van der Waals surface area (Å²) in [5, 5.41) is 2.03. The zero-order valence-electron chi connectivity index (χ0n) is 10.3. The molecule has 2 heterocycles. The lowest BCUT2D eigenvalue weighted by molar-refractivity contribution is 0.404. The number of ether oxygens (including phenoxy) is 1. The summed E-state index contributed by atoms with van der Waals surface area (Å²) in [5.74, 6) is 1.21. The van der Waals surface area contributed by atoms with Crippen LogP contribution >= 0.6 is 11.3 Å². The molecular weight excluding hydrogens is 244 g/mol. The van der Waals surface area contributed by atoms with Crippen LogP contribution < -0.4 is 10.5 Å². The molecule has 0 saturated heterocycles. The van der Waals surface area contributed by atoms with Crippen LogP contribution in [0.25, 0.3) is 0 Å². The molecule has 2 aromatic rings. The van der Waals surface area contributed by atoms with Gasteiger partial charge in [0.15, 0.2) is 0 Å². The Bertz CT molecular complexity index is 552. The fourth-order valence-corrected chi connectivity index (χ4v) is 3.62. The van der Waals surface area contributed by atoms with Gasteiger partial charge in [-0.2, -0.15) is 0 Å². The molecule has 2 atom stereocenters. The summed E-state index contributed by atoms with van der Waals surface area (Å²) in [6.45, 7) is 0. The van der Waals surface area contributed by atoms with Crippen LogP contribution in [0.3, 0.4) is 0 Å². The fraction of sp³-hybridized carbons (Fsp3) is 0.357. The van der Waals surface area contributed by atoms with Gasteiger partial charge in [0.05, 0.1) is 18.0 Å². The van der Waals surface area contributed by atoms with E-state index in [0.717, 1.165) is 23.5 Å². The van der Waals surface area contributed by atoms with Gasteiger partial charge in [0.1, 0.15) is 5.75 Å². The maximum Gasteiger partial charge on any atom is 0.134 e. The van der Waals surface area contributed by atoms with Crippen LogP contribution in [-0.4, -0.2) is 12.1 Å². The summed E-state index contributed by atoms with van der Waals surface area (Å²) in [6, 6.07) is 6.11. The lowest BCUT2D eigenvalue weighted by Gasteiger charge is -2.19. The number of methoxy groups -OCH3 is 1. The summed E-state index contributed by atoms with van der Waals surface area (Å²) in [7, 11) is 1.69. The van der Waals surface area contributed by atoms with Crippen LogP contribution in [0.2, 0.25) is 0 Å². The third-order valence-corrected chi connectivity index (χ3v) is 4.61. The number of hydrogen-bond acceptors (Lipinski definition) is 4. The summed E-state index contributed by atoms with van der Waals surface area (Å²) in [4.78, 5) is 5.64. The number of hydrogen-bond donors (Lipinski definition) is 1. The molecule has 3 nitrogen and oxygen atoms in total. The third kappa shape index (κ3) is 1.82. The largest absolute Gasteiger partial charge is 0.496 e. The second kappa shape index (κ2) is 4.71. The van der Waals surface area contributed by atoms with Crippen molar-refractivity contribution >= 4 is 11.3 Å². The molecule has 0 aliphatic heterocycles. The molecule has 0 bridgehead atoms. The highest BCUT2D eigenvalue weighted by Gasteiger charge is 2.31. The summed E-state index contributed by atoms with van der Waals surface area (Å²) >= 11 is 1.67. The highest BCUT2D eigenvalue weighted by molar-refractivity contribution is 7.10. The van der Waals surface area contributed by atoms with Crippen molar-refractivity contribution < 1.29 is 4.74 Å².